The van der Waals surface area contributed by atoms with Crippen LogP contribution < -0.4 is 5.32 Å². The van der Waals surface area contributed by atoms with E-state index < -0.39 is 4.92 Å². The molecule has 0 aromatic carbocycles. The third-order valence-electron chi connectivity index (χ3n) is 1.66. The Bertz CT molecular complexity index is 359. The normalized spacial score (nSPS) is 10.0. The Morgan fingerprint density at radius 2 is 2.40 bits per heavy atom. The Balaban J connectivity index is 2.81. The van der Waals surface area contributed by atoms with Crippen LogP contribution in [0.3, 0.4) is 0 Å². The van der Waals surface area contributed by atoms with E-state index >= 15 is 0 Å². The predicted octanol–water partition coefficient (Wildman–Crippen LogP) is 1.44. The van der Waals surface area contributed by atoms with Gasteiger partial charge in [0, 0.05) is 25.4 Å². The van der Waals surface area contributed by atoms with E-state index in [9.17, 15) is 10.1 Å². The molecule has 0 aliphatic heterocycles. The van der Waals surface area contributed by atoms with Crippen molar-refractivity contribution in [1.82, 2.24) is 4.98 Å². The van der Waals surface area contributed by atoms with Crippen LogP contribution in [0.1, 0.15) is 6.42 Å². The number of pyridine rings is 1. The van der Waals surface area contributed by atoms with Crippen molar-refractivity contribution < 1.29 is 10.0 Å². The molecule has 0 aliphatic carbocycles. The summed E-state index contributed by atoms with van der Waals surface area (Å²) in [6.07, 6.45) is 1.83. The molecule has 7 heteroatoms. The number of nitro groups is 1. The van der Waals surface area contributed by atoms with E-state index in [0.29, 0.717) is 13.0 Å². The second kappa shape index (κ2) is 5.47. The number of aliphatic hydroxyl groups is 1. The minimum Gasteiger partial charge on any atom is -0.396 e. The van der Waals surface area contributed by atoms with Crippen LogP contribution in [-0.4, -0.2) is 28.2 Å². The molecule has 0 radical (unpaired) electrons. The average molecular weight is 232 g/mol. The van der Waals surface area contributed by atoms with Gasteiger partial charge in [0.2, 0.25) is 5.82 Å². The predicted molar refractivity (Wildman–Crippen MR) is 56.1 cm³/mol. The van der Waals surface area contributed by atoms with Gasteiger partial charge in [0.1, 0.15) is 0 Å². The molecular weight excluding hydrogens is 222 g/mol. The minimum absolute atomic E-state index is 0.0222. The molecule has 0 fully saturated rings. The maximum absolute atomic E-state index is 10.6. The third kappa shape index (κ3) is 3.34. The average Bonchev–Trinajstić information content (AvgIpc) is 2.20. The lowest BCUT2D eigenvalue weighted by Gasteiger charge is -2.04. The molecule has 1 heterocycles. The molecule has 0 amide bonds. The van der Waals surface area contributed by atoms with Gasteiger partial charge in [-0.1, -0.05) is 11.6 Å². The van der Waals surface area contributed by atoms with Crippen LogP contribution >= 0.6 is 11.6 Å². The van der Waals surface area contributed by atoms with Crippen LogP contribution in [0.2, 0.25) is 5.02 Å². The first-order valence-electron chi connectivity index (χ1n) is 4.30. The van der Waals surface area contributed by atoms with Crippen molar-refractivity contribution in [1.29, 1.82) is 0 Å². The van der Waals surface area contributed by atoms with Gasteiger partial charge >= 0.3 is 5.69 Å². The number of nitrogens with zero attached hydrogens (tertiary/aromatic N) is 2. The maximum atomic E-state index is 10.6. The fourth-order valence-corrected chi connectivity index (χ4v) is 1.14. The minimum atomic E-state index is -0.555. The zero-order valence-corrected chi connectivity index (χ0v) is 8.57. The molecule has 82 valence electrons. The summed E-state index contributed by atoms with van der Waals surface area (Å²) >= 11 is 5.59. The van der Waals surface area contributed by atoms with Gasteiger partial charge in [0.15, 0.2) is 0 Å². The first-order chi connectivity index (χ1) is 7.15. The summed E-state index contributed by atoms with van der Waals surface area (Å²) < 4.78 is 0. The van der Waals surface area contributed by atoms with E-state index in [4.69, 9.17) is 16.7 Å². The number of hydrogen-bond donors (Lipinski definition) is 2. The van der Waals surface area contributed by atoms with E-state index in [0.717, 1.165) is 0 Å². The summed E-state index contributed by atoms with van der Waals surface area (Å²) in [6, 6.07) is 1.23. The molecule has 0 saturated heterocycles. The largest absolute Gasteiger partial charge is 0.396 e. The SMILES string of the molecule is O=[N+]([O-])c1cc(Cl)cnc1NCCCO. The highest BCUT2D eigenvalue weighted by molar-refractivity contribution is 6.30. The van der Waals surface area contributed by atoms with Crippen molar-refractivity contribution in [3.05, 3.63) is 27.4 Å². The highest BCUT2D eigenvalue weighted by atomic mass is 35.5. The van der Waals surface area contributed by atoms with Crippen LogP contribution in [0.5, 0.6) is 0 Å². The molecule has 0 aliphatic rings. The molecule has 0 unspecified atom stereocenters. The number of aromatic nitrogens is 1. The molecule has 0 bridgehead atoms. The number of rotatable bonds is 5. The molecule has 15 heavy (non-hydrogen) atoms. The van der Waals surface area contributed by atoms with E-state index in [1.54, 1.807) is 0 Å². The Hall–Kier alpha value is -1.40. The van der Waals surface area contributed by atoms with Gasteiger partial charge in [-0.2, -0.15) is 0 Å². The van der Waals surface area contributed by atoms with Crippen LogP contribution in [0, 0.1) is 10.1 Å². The lowest BCUT2D eigenvalue weighted by Crippen LogP contribution is -2.07. The van der Waals surface area contributed by atoms with E-state index in [1.807, 2.05) is 0 Å². The van der Waals surface area contributed by atoms with Crippen LogP contribution in [0.15, 0.2) is 12.3 Å². The smallest absolute Gasteiger partial charge is 0.312 e. The summed E-state index contributed by atoms with van der Waals surface area (Å²) in [4.78, 5) is 13.9. The van der Waals surface area contributed by atoms with Gasteiger partial charge in [0.25, 0.3) is 0 Å². The second-order valence-corrected chi connectivity index (χ2v) is 3.22. The topological polar surface area (TPSA) is 88.3 Å². The van der Waals surface area contributed by atoms with E-state index in [1.165, 1.54) is 12.3 Å². The lowest BCUT2D eigenvalue weighted by atomic mass is 10.3. The number of hydrogen-bond acceptors (Lipinski definition) is 5. The van der Waals surface area contributed by atoms with Gasteiger partial charge in [0.05, 0.1) is 9.95 Å². The molecule has 0 atom stereocenters. The van der Waals surface area contributed by atoms with Crippen molar-refractivity contribution in [2.45, 2.75) is 6.42 Å². The van der Waals surface area contributed by atoms with Gasteiger partial charge in [-0.3, -0.25) is 10.1 Å². The molecule has 1 rings (SSSR count). The zero-order chi connectivity index (χ0) is 11.3. The van der Waals surface area contributed by atoms with E-state index in [2.05, 4.69) is 10.3 Å². The Morgan fingerprint density at radius 3 is 3.00 bits per heavy atom. The molecule has 1 aromatic rings. The highest BCUT2D eigenvalue weighted by Gasteiger charge is 2.15. The standard InChI is InChI=1S/C8H10ClN3O3/c9-6-4-7(12(14)15)8(11-5-6)10-2-1-3-13/h4-5,13H,1-3H2,(H,10,11). The van der Waals surface area contributed by atoms with E-state index in [-0.39, 0.29) is 23.1 Å². The number of halogens is 1. The molecule has 6 nitrogen and oxygen atoms in total. The number of anilines is 1. The molecule has 2 N–H and O–H groups in total. The first kappa shape index (κ1) is 11.7. The Morgan fingerprint density at radius 1 is 1.67 bits per heavy atom. The third-order valence-corrected chi connectivity index (χ3v) is 1.86. The fourth-order valence-electron chi connectivity index (χ4n) is 0.990. The van der Waals surface area contributed by atoms with Crippen LogP contribution in [-0.2, 0) is 0 Å². The quantitative estimate of drug-likeness (QED) is 0.455. The van der Waals surface area contributed by atoms with Crippen molar-refractivity contribution in [3.63, 3.8) is 0 Å². The molecule has 1 aromatic heterocycles. The zero-order valence-electron chi connectivity index (χ0n) is 7.81. The van der Waals surface area contributed by atoms with Crippen LogP contribution in [0.25, 0.3) is 0 Å². The fraction of sp³-hybridized carbons (Fsp3) is 0.375. The van der Waals surface area contributed by atoms with Crippen molar-refractivity contribution in [2.75, 3.05) is 18.5 Å². The Labute approximate surface area is 91.0 Å². The van der Waals surface area contributed by atoms with Gasteiger partial charge in [-0.25, -0.2) is 4.98 Å². The first-order valence-corrected chi connectivity index (χ1v) is 4.67. The summed E-state index contributed by atoms with van der Waals surface area (Å²) in [6.45, 7) is 0.445. The molecule has 0 spiro atoms. The van der Waals surface area contributed by atoms with Crippen LogP contribution in [0.4, 0.5) is 11.5 Å². The second-order valence-electron chi connectivity index (χ2n) is 2.78. The van der Waals surface area contributed by atoms with Crippen molar-refractivity contribution in [2.24, 2.45) is 0 Å². The maximum Gasteiger partial charge on any atom is 0.312 e. The van der Waals surface area contributed by atoms with Gasteiger partial charge in [-0.05, 0) is 6.42 Å². The van der Waals surface area contributed by atoms with Gasteiger partial charge in [-0.15, -0.1) is 0 Å². The number of nitrogens with one attached hydrogen (secondary N) is 1. The monoisotopic (exact) mass is 231 g/mol. The summed E-state index contributed by atoms with van der Waals surface area (Å²) in [7, 11) is 0. The number of aliphatic hydroxyl groups excluding tert-OH is 1. The molecule has 0 saturated carbocycles. The highest BCUT2D eigenvalue weighted by Crippen LogP contribution is 2.24. The van der Waals surface area contributed by atoms with Gasteiger partial charge < -0.3 is 10.4 Å². The summed E-state index contributed by atoms with van der Waals surface area (Å²) in [5, 5.41) is 22.1. The summed E-state index contributed by atoms with van der Waals surface area (Å²) in [5.74, 6) is 0.165. The summed E-state index contributed by atoms with van der Waals surface area (Å²) in [5.41, 5.74) is -0.166. The Kier molecular flexibility index (Phi) is 4.26. The molecular formula is C8H10ClN3O3. The van der Waals surface area contributed by atoms with Crippen molar-refractivity contribution in [3.8, 4) is 0 Å². The van der Waals surface area contributed by atoms with Crippen molar-refractivity contribution >= 4 is 23.1 Å². The lowest BCUT2D eigenvalue weighted by molar-refractivity contribution is -0.384.